The highest BCUT2D eigenvalue weighted by molar-refractivity contribution is 5.85. The summed E-state index contributed by atoms with van der Waals surface area (Å²) in [7, 11) is 1.48. The van der Waals surface area contributed by atoms with Crippen LogP contribution in [0.5, 0.6) is 0 Å². The first-order valence-electron chi connectivity index (χ1n) is 6.76. The van der Waals surface area contributed by atoms with Crippen LogP contribution in [-0.2, 0) is 14.3 Å². The lowest BCUT2D eigenvalue weighted by molar-refractivity contribution is -0.124. The quantitative estimate of drug-likeness (QED) is 0.451. The van der Waals surface area contributed by atoms with E-state index in [9.17, 15) is 9.59 Å². The van der Waals surface area contributed by atoms with Crippen molar-refractivity contribution in [2.24, 2.45) is 5.73 Å². The molecule has 0 aliphatic carbocycles. The lowest BCUT2D eigenvalue weighted by Crippen LogP contribution is -2.48. The number of unbranched alkanes of at least 4 members (excludes halogenated alkanes) is 1. The lowest BCUT2D eigenvalue weighted by atomic mass is 10.1. The molecule has 7 heteroatoms. The average Bonchev–Trinajstić information content (AvgIpc) is 2.32. The van der Waals surface area contributed by atoms with Crippen LogP contribution in [0.3, 0.4) is 0 Å². The highest BCUT2D eigenvalue weighted by atomic mass is 16.6. The number of amides is 2. The molecule has 0 radical (unpaired) electrons. The van der Waals surface area contributed by atoms with Crippen molar-refractivity contribution in [1.82, 2.24) is 10.6 Å². The van der Waals surface area contributed by atoms with Crippen LogP contribution in [0.1, 0.15) is 40.0 Å². The Kier molecular flexibility index (Phi) is 8.91. The SMILES string of the molecule is COCNC(=O)[C@H](CCCCN)NC(=O)OC(C)(C)C. The van der Waals surface area contributed by atoms with Crippen molar-refractivity contribution in [3.8, 4) is 0 Å². The first-order valence-corrected chi connectivity index (χ1v) is 6.76. The highest BCUT2D eigenvalue weighted by Gasteiger charge is 2.23. The van der Waals surface area contributed by atoms with Gasteiger partial charge in [-0.05, 0) is 46.6 Å². The zero-order valence-electron chi connectivity index (χ0n) is 12.8. The normalized spacial score (nSPS) is 12.7. The zero-order valence-corrected chi connectivity index (χ0v) is 12.8. The van der Waals surface area contributed by atoms with Crippen molar-refractivity contribution < 1.29 is 19.1 Å². The number of alkyl carbamates (subject to hydrolysis) is 1. The van der Waals surface area contributed by atoms with Crippen LogP contribution < -0.4 is 16.4 Å². The topological polar surface area (TPSA) is 103 Å². The summed E-state index contributed by atoms with van der Waals surface area (Å²) >= 11 is 0. The molecule has 4 N–H and O–H groups in total. The molecule has 118 valence electrons. The van der Waals surface area contributed by atoms with Gasteiger partial charge in [-0.2, -0.15) is 0 Å². The molecule has 0 saturated heterocycles. The van der Waals surface area contributed by atoms with Crippen LogP contribution in [0.15, 0.2) is 0 Å². The molecule has 0 saturated carbocycles. The van der Waals surface area contributed by atoms with E-state index >= 15 is 0 Å². The third-order valence-electron chi connectivity index (χ3n) is 2.35. The maximum atomic E-state index is 11.9. The number of nitrogens with one attached hydrogen (secondary N) is 2. The number of hydrogen-bond donors (Lipinski definition) is 3. The van der Waals surface area contributed by atoms with Gasteiger partial charge in [-0.1, -0.05) is 0 Å². The van der Waals surface area contributed by atoms with Crippen molar-refractivity contribution in [3.63, 3.8) is 0 Å². The molecule has 0 aromatic rings. The Hall–Kier alpha value is -1.34. The summed E-state index contributed by atoms with van der Waals surface area (Å²) in [6.07, 6.45) is 1.44. The van der Waals surface area contributed by atoms with E-state index in [0.717, 1.165) is 12.8 Å². The van der Waals surface area contributed by atoms with Crippen molar-refractivity contribution in [3.05, 3.63) is 0 Å². The lowest BCUT2D eigenvalue weighted by Gasteiger charge is -2.23. The van der Waals surface area contributed by atoms with Gasteiger partial charge >= 0.3 is 6.09 Å². The Balaban J connectivity index is 4.43. The Morgan fingerprint density at radius 3 is 2.40 bits per heavy atom. The minimum absolute atomic E-state index is 0.0994. The summed E-state index contributed by atoms with van der Waals surface area (Å²) in [6, 6.07) is -0.647. The molecular formula is C13H27N3O4. The third-order valence-corrected chi connectivity index (χ3v) is 2.35. The van der Waals surface area contributed by atoms with Crippen LogP contribution in [-0.4, -0.2) is 44.0 Å². The second kappa shape index (κ2) is 9.55. The molecule has 0 aromatic heterocycles. The van der Waals surface area contributed by atoms with Gasteiger partial charge in [0, 0.05) is 7.11 Å². The van der Waals surface area contributed by atoms with Gasteiger partial charge in [-0.15, -0.1) is 0 Å². The molecular weight excluding hydrogens is 262 g/mol. The van der Waals surface area contributed by atoms with E-state index in [4.69, 9.17) is 15.2 Å². The molecule has 0 aliphatic heterocycles. The second-order valence-electron chi connectivity index (χ2n) is 5.46. The van der Waals surface area contributed by atoms with Crippen LogP contribution in [0, 0.1) is 0 Å². The van der Waals surface area contributed by atoms with E-state index in [-0.39, 0.29) is 12.6 Å². The highest BCUT2D eigenvalue weighted by Crippen LogP contribution is 2.08. The molecule has 0 unspecified atom stereocenters. The molecule has 0 bridgehead atoms. The molecule has 2 amide bonds. The molecule has 0 fully saturated rings. The maximum Gasteiger partial charge on any atom is 0.408 e. The largest absolute Gasteiger partial charge is 0.444 e. The maximum absolute atomic E-state index is 11.9. The molecule has 0 aliphatic rings. The van der Waals surface area contributed by atoms with E-state index in [1.165, 1.54) is 7.11 Å². The predicted molar refractivity (Wildman–Crippen MR) is 76.1 cm³/mol. The number of rotatable bonds is 8. The summed E-state index contributed by atoms with van der Waals surface area (Å²) < 4.78 is 9.92. The molecule has 0 heterocycles. The van der Waals surface area contributed by atoms with Crippen LogP contribution >= 0.6 is 0 Å². The van der Waals surface area contributed by atoms with Gasteiger partial charge in [0.15, 0.2) is 0 Å². The van der Waals surface area contributed by atoms with E-state index in [2.05, 4.69) is 10.6 Å². The van der Waals surface area contributed by atoms with Gasteiger partial charge in [0.05, 0.1) is 0 Å². The zero-order chi connectivity index (χ0) is 15.6. The van der Waals surface area contributed by atoms with Crippen LogP contribution in [0.2, 0.25) is 0 Å². The van der Waals surface area contributed by atoms with Gasteiger partial charge in [0.1, 0.15) is 18.4 Å². The second-order valence-corrected chi connectivity index (χ2v) is 5.46. The van der Waals surface area contributed by atoms with Gasteiger partial charge in [0.2, 0.25) is 5.91 Å². The van der Waals surface area contributed by atoms with Crippen molar-refractivity contribution in [2.45, 2.75) is 51.7 Å². The molecule has 0 rings (SSSR count). The van der Waals surface area contributed by atoms with E-state index in [1.807, 2.05) is 0 Å². The summed E-state index contributed by atoms with van der Waals surface area (Å²) in [4.78, 5) is 23.6. The molecule has 20 heavy (non-hydrogen) atoms. The summed E-state index contributed by atoms with van der Waals surface area (Å²) in [5, 5.41) is 5.14. The fourth-order valence-corrected chi connectivity index (χ4v) is 1.48. The van der Waals surface area contributed by atoms with Gasteiger partial charge in [-0.3, -0.25) is 4.79 Å². The molecule has 0 aromatic carbocycles. The number of hydrogen-bond acceptors (Lipinski definition) is 5. The minimum Gasteiger partial charge on any atom is -0.444 e. The van der Waals surface area contributed by atoms with E-state index in [1.54, 1.807) is 20.8 Å². The predicted octanol–water partition coefficient (Wildman–Crippen LogP) is 0.729. The van der Waals surface area contributed by atoms with Gasteiger partial charge < -0.3 is 25.8 Å². The average molecular weight is 289 g/mol. The van der Waals surface area contributed by atoms with E-state index < -0.39 is 17.7 Å². The van der Waals surface area contributed by atoms with E-state index in [0.29, 0.717) is 13.0 Å². The number of carbonyl (C=O) groups is 2. The summed E-state index contributed by atoms with van der Waals surface area (Å²) in [5.74, 6) is -0.297. The smallest absolute Gasteiger partial charge is 0.408 e. The standard InChI is InChI=1S/C13H27N3O4/c1-13(2,3)20-12(18)16-10(7-5-6-8-14)11(17)15-9-19-4/h10H,5-9,14H2,1-4H3,(H,15,17)(H,16,18)/t10-/m0/s1. The summed E-state index contributed by atoms with van der Waals surface area (Å²) in [6.45, 7) is 5.95. The minimum atomic E-state index is -0.647. The van der Waals surface area contributed by atoms with Crippen LogP contribution in [0.4, 0.5) is 4.79 Å². The Morgan fingerprint density at radius 1 is 1.25 bits per heavy atom. The van der Waals surface area contributed by atoms with Gasteiger partial charge in [0.25, 0.3) is 0 Å². The first-order chi connectivity index (χ1) is 9.30. The number of nitrogens with two attached hydrogens (primary N) is 1. The van der Waals surface area contributed by atoms with Crippen LogP contribution in [0.25, 0.3) is 0 Å². The first kappa shape index (κ1) is 18.7. The number of ether oxygens (including phenoxy) is 2. The third kappa shape index (κ3) is 9.57. The Bertz CT molecular complexity index is 302. The Labute approximate surface area is 120 Å². The molecule has 0 spiro atoms. The Morgan fingerprint density at radius 2 is 1.90 bits per heavy atom. The van der Waals surface area contributed by atoms with Crippen molar-refractivity contribution in [1.29, 1.82) is 0 Å². The van der Waals surface area contributed by atoms with Crippen molar-refractivity contribution >= 4 is 12.0 Å². The van der Waals surface area contributed by atoms with Gasteiger partial charge in [-0.25, -0.2) is 4.79 Å². The van der Waals surface area contributed by atoms with Crippen molar-refractivity contribution in [2.75, 3.05) is 20.4 Å². The summed E-state index contributed by atoms with van der Waals surface area (Å²) in [5.41, 5.74) is 4.82. The monoisotopic (exact) mass is 289 g/mol. The number of methoxy groups -OCH3 is 1. The fourth-order valence-electron chi connectivity index (χ4n) is 1.48. The molecule has 1 atom stereocenters. The fraction of sp³-hybridized carbons (Fsp3) is 0.846. The molecule has 7 nitrogen and oxygen atoms in total. The number of carbonyl (C=O) groups excluding carboxylic acids is 2.